The molecule has 1 rings (SSSR count). The van der Waals surface area contributed by atoms with Gasteiger partial charge in [0.1, 0.15) is 0 Å². The number of esters is 1. The Kier molecular flexibility index (Phi) is 4.82. The number of benzene rings is 1. The Bertz CT molecular complexity index is 529. The van der Waals surface area contributed by atoms with Crippen LogP contribution in [0.4, 0.5) is 0 Å². The van der Waals surface area contributed by atoms with E-state index in [2.05, 4.69) is 4.74 Å². The summed E-state index contributed by atoms with van der Waals surface area (Å²) in [7, 11) is 0. The first-order valence-corrected chi connectivity index (χ1v) is 5.65. The summed E-state index contributed by atoms with van der Waals surface area (Å²) in [4.78, 5) is 33.2. The molecule has 0 aliphatic rings. The van der Waals surface area contributed by atoms with E-state index >= 15 is 0 Å². The predicted molar refractivity (Wildman–Crippen MR) is 66.4 cm³/mol. The fourth-order valence-electron chi connectivity index (χ4n) is 1.66. The Hall–Kier alpha value is -2.41. The van der Waals surface area contributed by atoms with E-state index in [1.54, 1.807) is 19.9 Å². The van der Waals surface area contributed by atoms with E-state index in [1.165, 1.54) is 12.1 Å². The SMILES string of the molecule is Cc1cc(C)cc(C(=O)O[C@@H](C(=O)O)[C@@H](O)C(=O)O)c1. The van der Waals surface area contributed by atoms with Crippen LogP contribution in [0, 0.1) is 13.8 Å². The number of carbonyl (C=O) groups is 3. The second-order valence-corrected chi connectivity index (χ2v) is 4.32. The molecular formula is C13H14O7. The van der Waals surface area contributed by atoms with Crippen LogP contribution in [-0.2, 0) is 14.3 Å². The Balaban J connectivity index is 2.96. The molecule has 7 heteroatoms. The lowest BCUT2D eigenvalue weighted by atomic mass is 10.1. The molecule has 0 unspecified atom stereocenters. The summed E-state index contributed by atoms with van der Waals surface area (Å²) >= 11 is 0. The summed E-state index contributed by atoms with van der Waals surface area (Å²) in [5.41, 5.74) is 1.62. The molecule has 108 valence electrons. The maximum absolute atomic E-state index is 11.8. The molecule has 0 aliphatic carbocycles. The van der Waals surface area contributed by atoms with Crippen LogP contribution in [0.15, 0.2) is 18.2 Å². The van der Waals surface area contributed by atoms with E-state index in [0.717, 1.165) is 11.1 Å². The van der Waals surface area contributed by atoms with Crippen LogP contribution in [0.25, 0.3) is 0 Å². The molecule has 0 fully saturated rings. The summed E-state index contributed by atoms with van der Waals surface area (Å²) in [5, 5.41) is 26.6. The van der Waals surface area contributed by atoms with Gasteiger partial charge >= 0.3 is 17.9 Å². The van der Waals surface area contributed by atoms with Gasteiger partial charge in [-0.2, -0.15) is 0 Å². The van der Waals surface area contributed by atoms with Crippen molar-refractivity contribution >= 4 is 17.9 Å². The van der Waals surface area contributed by atoms with Gasteiger partial charge in [-0.1, -0.05) is 17.2 Å². The highest BCUT2D eigenvalue weighted by atomic mass is 16.6. The van der Waals surface area contributed by atoms with Crippen molar-refractivity contribution in [2.45, 2.75) is 26.1 Å². The van der Waals surface area contributed by atoms with Gasteiger partial charge in [0.05, 0.1) is 5.56 Å². The number of aliphatic carboxylic acids is 2. The van der Waals surface area contributed by atoms with Gasteiger partial charge in [0.15, 0.2) is 6.10 Å². The van der Waals surface area contributed by atoms with E-state index in [1.807, 2.05) is 0 Å². The zero-order chi connectivity index (χ0) is 15.4. The molecule has 0 saturated carbocycles. The largest absolute Gasteiger partial charge is 0.479 e. The van der Waals surface area contributed by atoms with Crippen LogP contribution >= 0.6 is 0 Å². The first-order valence-electron chi connectivity index (χ1n) is 5.65. The number of hydrogen-bond acceptors (Lipinski definition) is 5. The van der Waals surface area contributed by atoms with E-state index < -0.39 is 30.1 Å². The summed E-state index contributed by atoms with van der Waals surface area (Å²) in [5.74, 6) is -4.53. The van der Waals surface area contributed by atoms with Crippen LogP contribution in [-0.4, -0.2) is 45.4 Å². The topological polar surface area (TPSA) is 121 Å². The number of aliphatic hydroxyl groups is 1. The molecule has 0 amide bonds. The number of hydrogen-bond donors (Lipinski definition) is 3. The van der Waals surface area contributed by atoms with Crippen molar-refractivity contribution in [1.82, 2.24) is 0 Å². The summed E-state index contributed by atoms with van der Waals surface area (Å²) in [6.45, 7) is 3.48. The summed E-state index contributed by atoms with van der Waals surface area (Å²) in [6.07, 6.45) is -4.50. The quantitative estimate of drug-likeness (QED) is 0.666. The minimum absolute atomic E-state index is 0.0892. The molecule has 0 radical (unpaired) electrons. The lowest BCUT2D eigenvalue weighted by Gasteiger charge is -2.16. The number of carbonyl (C=O) groups excluding carboxylic acids is 1. The van der Waals surface area contributed by atoms with Gasteiger partial charge in [-0.25, -0.2) is 14.4 Å². The van der Waals surface area contributed by atoms with E-state index in [0.29, 0.717) is 0 Å². The highest BCUT2D eigenvalue weighted by Gasteiger charge is 2.35. The second-order valence-electron chi connectivity index (χ2n) is 4.32. The molecule has 0 heterocycles. The second kappa shape index (κ2) is 6.16. The summed E-state index contributed by atoms with van der Waals surface area (Å²) < 4.78 is 4.56. The van der Waals surface area contributed by atoms with E-state index in [4.69, 9.17) is 10.2 Å². The van der Waals surface area contributed by atoms with Crippen LogP contribution < -0.4 is 0 Å². The van der Waals surface area contributed by atoms with Crippen molar-refractivity contribution in [3.63, 3.8) is 0 Å². The number of carboxylic acids is 2. The molecule has 7 nitrogen and oxygen atoms in total. The summed E-state index contributed by atoms with van der Waals surface area (Å²) in [6, 6.07) is 4.75. The standard InChI is InChI=1S/C13H14O7/c1-6-3-7(2)5-8(4-6)13(19)20-10(12(17)18)9(14)11(15)16/h3-5,9-10,14H,1-2H3,(H,15,16)(H,17,18)/t9-,10-/m1/s1. The average Bonchev–Trinajstić information content (AvgIpc) is 2.33. The Morgan fingerprint density at radius 2 is 1.50 bits per heavy atom. The first-order chi connectivity index (χ1) is 9.22. The highest BCUT2D eigenvalue weighted by molar-refractivity contribution is 5.93. The lowest BCUT2D eigenvalue weighted by Crippen LogP contribution is -2.43. The van der Waals surface area contributed by atoms with Crippen LogP contribution in [0.2, 0.25) is 0 Å². The number of carboxylic acid groups (broad SMARTS) is 2. The van der Waals surface area contributed by atoms with Crippen LogP contribution in [0.3, 0.4) is 0 Å². The zero-order valence-corrected chi connectivity index (χ0v) is 10.9. The third kappa shape index (κ3) is 3.79. The van der Waals surface area contributed by atoms with E-state index in [-0.39, 0.29) is 5.56 Å². The molecule has 1 aromatic carbocycles. The molecular weight excluding hydrogens is 268 g/mol. The molecule has 3 N–H and O–H groups in total. The highest BCUT2D eigenvalue weighted by Crippen LogP contribution is 2.12. The molecule has 0 bridgehead atoms. The molecule has 0 saturated heterocycles. The fourth-order valence-corrected chi connectivity index (χ4v) is 1.66. The average molecular weight is 282 g/mol. The molecule has 0 aliphatic heterocycles. The lowest BCUT2D eigenvalue weighted by molar-refractivity contribution is -0.166. The predicted octanol–water partition coefficient (Wildman–Crippen LogP) is 0.359. The van der Waals surface area contributed by atoms with Crippen molar-refractivity contribution in [1.29, 1.82) is 0 Å². The van der Waals surface area contributed by atoms with Crippen molar-refractivity contribution in [2.24, 2.45) is 0 Å². The molecule has 0 spiro atoms. The monoisotopic (exact) mass is 282 g/mol. The van der Waals surface area contributed by atoms with Gasteiger partial charge < -0.3 is 20.1 Å². The van der Waals surface area contributed by atoms with Crippen LogP contribution in [0.5, 0.6) is 0 Å². The number of ether oxygens (including phenoxy) is 1. The zero-order valence-electron chi connectivity index (χ0n) is 10.9. The number of aryl methyl sites for hydroxylation is 2. The first kappa shape index (κ1) is 15.6. The molecule has 0 aromatic heterocycles. The molecule has 20 heavy (non-hydrogen) atoms. The van der Waals surface area contributed by atoms with Crippen LogP contribution in [0.1, 0.15) is 21.5 Å². The Morgan fingerprint density at radius 1 is 1.00 bits per heavy atom. The van der Waals surface area contributed by atoms with Gasteiger partial charge in [0.2, 0.25) is 6.10 Å². The minimum Gasteiger partial charge on any atom is -0.479 e. The maximum Gasteiger partial charge on any atom is 0.348 e. The number of aliphatic hydroxyl groups excluding tert-OH is 1. The van der Waals surface area contributed by atoms with Gasteiger partial charge in [-0.15, -0.1) is 0 Å². The van der Waals surface area contributed by atoms with Crippen molar-refractivity contribution in [3.8, 4) is 0 Å². The van der Waals surface area contributed by atoms with Crippen molar-refractivity contribution in [3.05, 3.63) is 34.9 Å². The molecule has 1 aromatic rings. The van der Waals surface area contributed by atoms with Gasteiger partial charge in [0, 0.05) is 0 Å². The Morgan fingerprint density at radius 3 is 1.90 bits per heavy atom. The third-order valence-electron chi connectivity index (χ3n) is 2.47. The van der Waals surface area contributed by atoms with Gasteiger partial charge in [-0.3, -0.25) is 0 Å². The van der Waals surface area contributed by atoms with Crippen molar-refractivity contribution < 1.29 is 34.4 Å². The smallest absolute Gasteiger partial charge is 0.348 e. The van der Waals surface area contributed by atoms with E-state index in [9.17, 15) is 19.5 Å². The maximum atomic E-state index is 11.8. The van der Waals surface area contributed by atoms with Gasteiger partial charge in [-0.05, 0) is 26.0 Å². The molecule has 2 atom stereocenters. The minimum atomic E-state index is -2.33. The van der Waals surface area contributed by atoms with Crippen molar-refractivity contribution in [2.75, 3.05) is 0 Å². The Labute approximate surface area is 114 Å². The third-order valence-corrected chi connectivity index (χ3v) is 2.47. The normalized spacial score (nSPS) is 13.3. The van der Waals surface area contributed by atoms with Gasteiger partial charge in [0.25, 0.3) is 0 Å². The fraction of sp³-hybridized carbons (Fsp3) is 0.308. The number of rotatable bonds is 5.